The summed E-state index contributed by atoms with van der Waals surface area (Å²) in [6.45, 7) is 6.50. The number of nitrogens with zero attached hydrogens (tertiary/aromatic N) is 5. The van der Waals surface area contributed by atoms with Crippen LogP contribution in [-0.4, -0.2) is 42.9 Å². The summed E-state index contributed by atoms with van der Waals surface area (Å²) >= 11 is 6.73. The smallest absolute Gasteiger partial charge is 0.148 e. The van der Waals surface area contributed by atoms with Crippen LogP contribution in [0.2, 0.25) is 5.02 Å². The maximum absolute atomic E-state index is 6.73. The minimum absolute atomic E-state index is 0.103. The minimum Gasteiger partial charge on any atom is -0.456 e. The van der Waals surface area contributed by atoms with Crippen LogP contribution in [0.1, 0.15) is 19.2 Å². The zero-order chi connectivity index (χ0) is 23.3. The lowest BCUT2D eigenvalue weighted by Gasteiger charge is -2.21. The number of benzene rings is 2. The van der Waals surface area contributed by atoms with Crippen molar-refractivity contribution in [3.05, 3.63) is 59.8 Å². The van der Waals surface area contributed by atoms with Gasteiger partial charge in [-0.25, -0.2) is 9.97 Å². The highest BCUT2D eigenvalue weighted by molar-refractivity contribution is 6.36. The van der Waals surface area contributed by atoms with E-state index < -0.39 is 0 Å². The normalized spacial score (nSPS) is 18.2. The fourth-order valence-electron chi connectivity index (χ4n) is 4.36. The third-order valence-electron chi connectivity index (χ3n) is 6.19. The van der Waals surface area contributed by atoms with Crippen molar-refractivity contribution in [2.75, 3.05) is 13.2 Å². The molecule has 1 saturated heterocycles. The maximum atomic E-state index is 6.73. The van der Waals surface area contributed by atoms with E-state index in [-0.39, 0.29) is 5.41 Å². The lowest BCUT2D eigenvalue weighted by Crippen LogP contribution is -2.23. The largest absolute Gasteiger partial charge is 0.456 e. The highest BCUT2D eigenvalue weighted by Crippen LogP contribution is 2.36. The van der Waals surface area contributed by atoms with Crippen molar-refractivity contribution in [2.45, 2.75) is 26.8 Å². The summed E-state index contributed by atoms with van der Waals surface area (Å²) in [6, 6.07) is 9.36. The Hall–Kier alpha value is -3.49. The molecule has 1 aliphatic heterocycles. The average molecular weight is 475 g/mol. The first kappa shape index (κ1) is 21.1. The number of H-pyrrole nitrogens is 1. The van der Waals surface area contributed by atoms with Gasteiger partial charge in [0.05, 0.1) is 41.2 Å². The molecule has 6 rings (SSSR count). The van der Waals surface area contributed by atoms with Gasteiger partial charge in [-0.05, 0) is 37.6 Å². The Morgan fingerprint density at radius 3 is 2.91 bits per heavy atom. The number of ether oxygens (including phenoxy) is 2. The van der Waals surface area contributed by atoms with Gasteiger partial charge in [-0.1, -0.05) is 18.5 Å². The lowest BCUT2D eigenvalue weighted by atomic mass is 9.90. The van der Waals surface area contributed by atoms with Gasteiger partial charge in [0.1, 0.15) is 27.9 Å². The molecular formula is C25H23ClN6O2. The van der Waals surface area contributed by atoms with Gasteiger partial charge >= 0.3 is 0 Å². The molecule has 34 heavy (non-hydrogen) atoms. The predicted molar refractivity (Wildman–Crippen MR) is 130 cm³/mol. The van der Waals surface area contributed by atoms with Crippen LogP contribution in [0, 0.1) is 12.3 Å². The van der Waals surface area contributed by atoms with Gasteiger partial charge in [0.15, 0.2) is 0 Å². The molecule has 0 radical (unpaired) electrons. The van der Waals surface area contributed by atoms with Crippen molar-refractivity contribution in [3.63, 3.8) is 0 Å². The van der Waals surface area contributed by atoms with Gasteiger partial charge in [-0.3, -0.25) is 9.67 Å². The standard InChI is InChI=1S/C25H23ClN6O2/c1-15-29-18-4-3-17(9-20(18)30-15)34-22-6-5-19-24(23(22)26)31-21(11-27-19)16-10-28-32(12-16)13-25(2)7-8-33-14-25/h3-6,9-12H,7-8,13-14H2,1-2H3,(H,29,30). The number of imidazole rings is 1. The van der Waals surface area contributed by atoms with Crippen molar-refractivity contribution in [1.82, 2.24) is 29.7 Å². The number of fused-ring (bicyclic) bond motifs is 2. The van der Waals surface area contributed by atoms with Crippen molar-refractivity contribution < 1.29 is 9.47 Å². The molecule has 1 unspecified atom stereocenters. The van der Waals surface area contributed by atoms with Gasteiger partial charge in [0, 0.05) is 36.4 Å². The summed E-state index contributed by atoms with van der Waals surface area (Å²) in [6.07, 6.45) is 6.58. The second-order valence-corrected chi connectivity index (χ2v) is 9.52. The number of halogens is 1. The van der Waals surface area contributed by atoms with E-state index in [1.54, 1.807) is 6.20 Å². The zero-order valence-corrected chi connectivity index (χ0v) is 19.6. The van der Waals surface area contributed by atoms with E-state index in [0.29, 0.717) is 33.2 Å². The molecule has 0 aliphatic carbocycles. The number of aryl methyl sites for hydroxylation is 1. The van der Waals surface area contributed by atoms with Crippen LogP contribution in [0.3, 0.4) is 0 Å². The molecule has 1 atom stereocenters. The Labute approximate surface area is 200 Å². The summed E-state index contributed by atoms with van der Waals surface area (Å²) in [5, 5.41) is 4.94. The molecule has 1 fully saturated rings. The van der Waals surface area contributed by atoms with E-state index in [9.17, 15) is 0 Å². The number of aromatic amines is 1. The van der Waals surface area contributed by atoms with Crippen LogP contribution in [-0.2, 0) is 11.3 Å². The Kier molecular flexibility index (Phi) is 5.00. The van der Waals surface area contributed by atoms with E-state index in [4.69, 9.17) is 26.1 Å². The summed E-state index contributed by atoms with van der Waals surface area (Å²) < 4.78 is 13.6. The van der Waals surface area contributed by atoms with Crippen molar-refractivity contribution in [3.8, 4) is 22.8 Å². The van der Waals surface area contributed by atoms with Crippen molar-refractivity contribution in [1.29, 1.82) is 0 Å². The molecule has 1 N–H and O–H groups in total. The lowest BCUT2D eigenvalue weighted by molar-refractivity contribution is 0.147. The molecule has 0 amide bonds. The number of hydrogen-bond acceptors (Lipinski definition) is 6. The van der Waals surface area contributed by atoms with Crippen LogP contribution in [0.5, 0.6) is 11.5 Å². The highest BCUT2D eigenvalue weighted by Gasteiger charge is 2.30. The summed E-state index contributed by atoms with van der Waals surface area (Å²) in [5.74, 6) is 2.03. The predicted octanol–water partition coefficient (Wildman–Crippen LogP) is 5.55. The number of nitrogens with one attached hydrogen (secondary N) is 1. The molecule has 9 heteroatoms. The SMILES string of the molecule is Cc1nc2ccc(Oc3ccc4ncc(-c5cnn(CC6(C)CCOC6)c5)nc4c3Cl)cc2[nH]1. The Balaban J connectivity index is 1.30. The summed E-state index contributed by atoms with van der Waals surface area (Å²) in [7, 11) is 0. The van der Waals surface area contributed by atoms with Crippen LogP contribution in [0.15, 0.2) is 48.9 Å². The van der Waals surface area contributed by atoms with Crippen LogP contribution in [0.4, 0.5) is 0 Å². The number of aromatic nitrogens is 6. The molecule has 1 aliphatic rings. The van der Waals surface area contributed by atoms with Crippen LogP contribution >= 0.6 is 11.6 Å². The van der Waals surface area contributed by atoms with E-state index in [1.807, 2.05) is 54.3 Å². The van der Waals surface area contributed by atoms with Gasteiger partial charge in [-0.2, -0.15) is 5.10 Å². The van der Waals surface area contributed by atoms with E-state index in [0.717, 1.165) is 48.6 Å². The second kappa shape index (κ2) is 8.07. The molecule has 5 aromatic rings. The first-order chi connectivity index (χ1) is 16.5. The monoisotopic (exact) mass is 474 g/mol. The van der Waals surface area contributed by atoms with Gasteiger partial charge in [0.25, 0.3) is 0 Å². The Morgan fingerprint density at radius 1 is 1.18 bits per heavy atom. The number of rotatable bonds is 5. The average Bonchev–Trinajstić information content (AvgIpc) is 3.55. The molecule has 0 saturated carbocycles. The first-order valence-corrected chi connectivity index (χ1v) is 11.5. The second-order valence-electron chi connectivity index (χ2n) is 9.14. The first-order valence-electron chi connectivity index (χ1n) is 11.2. The van der Waals surface area contributed by atoms with Crippen LogP contribution < -0.4 is 4.74 Å². The van der Waals surface area contributed by atoms with Crippen molar-refractivity contribution in [2.24, 2.45) is 5.41 Å². The fraction of sp³-hybridized carbons (Fsp3) is 0.280. The molecule has 172 valence electrons. The summed E-state index contributed by atoms with van der Waals surface area (Å²) in [4.78, 5) is 17.0. The molecule has 4 heterocycles. The topological polar surface area (TPSA) is 90.7 Å². The third-order valence-corrected chi connectivity index (χ3v) is 6.56. The Morgan fingerprint density at radius 2 is 2.06 bits per heavy atom. The van der Waals surface area contributed by atoms with Gasteiger partial charge in [-0.15, -0.1) is 0 Å². The molecule has 8 nitrogen and oxygen atoms in total. The fourth-order valence-corrected chi connectivity index (χ4v) is 4.60. The molecular weight excluding hydrogens is 452 g/mol. The molecule has 2 aromatic carbocycles. The van der Waals surface area contributed by atoms with E-state index in [2.05, 4.69) is 27.0 Å². The van der Waals surface area contributed by atoms with Gasteiger partial charge in [0.2, 0.25) is 0 Å². The summed E-state index contributed by atoms with van der Waals surface area (Å²) in [5.41, 5.74) is 4.78. The quantitative estimate of drug-likeness (QED) is 0.359. The van der Waals surface area contributed by atoms with E-state index >= 15 is 0 Å². The van der Waals surface area contributed by atoms with Crippen molar-refractivity contribution >= 4 is 33.7 Å². The van der Waals surface area contributed by atoms with Crippen LogP contribution in [0.25, 0.3) is 33.3 Å². The Bertz CT molecular complexity index is 1520. The molecule has 0 bridgehead atoms. The maximum Gasteiger partial charge on any atom is 0.148 e. The zero-order valence-electron chi connectivity index (χ0n) is 18.9. The van der Waals surface area contributed by atoms with Gasteiger partial charge < -0.3 is 14.5 Å². The molecule has 0 spiro atoms. The minimum atomic E-state index is 0.103. The highest BCUT2D eigenvalue weighted by atomic mass is 35.5. The van der Waals surface area contributed by atoms with E-state index in [1.165, 1.54) is 0 Å². The molecule has 3 aromatic heterocycles. The third kappa shape index (κ3) is 3.89. The number of hydrogen-bond donors (Lipinski definition) is 1.